The highest BCUT2D eigenvalue weighted by molar-refractivity contribution is 5.44. The van der Waals surface area contributed by atoms with Gasteiger partial charge in [0.05, 0.1) is 6.61 Å². The molecule has 21 heavy (non-hydrogen) atoms. The van der Waals surface area contributed by atoms with Crippen molar-refractivity contribution in [2.24, 2.45) is 0 Å². The van der Waals surface area contributed by atoms with Gasteiger partial charge in [0.2, 0.25) is 0 Å². The second-order valence-electron chi connectivity index (χ2n) is 6.27. The van der Waals surface area contributed by atoms with Crippen LogP contribution in [-0.2, 0) is 0 Å². The molecular formula is C17H26N2O2. The summed E-state index contributed by atoms with van der Waals surface area (Å²) < 4.78 is 12.1. The van der Waals surface area contributed by atoms with Crippen molar-refractivity contribution in [3.8, 4) is 11.5 Å². The van der Waals surface area contributed by atoms with Gasteiger partial charge in [0.1, 0.15) is 17.1 Å². The highest BCUT2D eigenvalue weighted by atomic mass is 16.5. The Labute approximate surface area is 127 Å². The van der Waals surface area contributed by atoms with Crippen LogP contribution in [0.25, 0.3) is 0 Å². The van der Waals surface area contributed by atoms with E-state index in [2.05, 4.69) is 29.4 Å². The minimum atomic E-state index is 0.000314. The number of nitrogens with zero attached hydrogens (tertiary/aromatic N) is 1. The summed E-state index contributed by atoms with van der Waals surface area (Å²) in [6.07, 6.45) is 3.25. The molecule has 1 fully saturated rings. The molecule has 1 unspecified atom stereocenters. The van der Waals surface area contributed by atoms with Crippen LogP contribution in [-0.4, -0.2) is 44.3 Å². The first-order valence-corrected chi connectivity index (χ1v) is 7.97. The lowest BCUT2D eigenvalue weighted by molar-refractivity contribution is -0.0196. The molecule has 1 N–H and O–H groups in total. The Hall–Kier alpha value is -1.26. The fourth-order valence-electron chi connectivity index (χ4n) is 3.49. The first-order chi connectivity index (χ1) is 10.2. The molecule has 1 aromatic rings. The largest absolute Gasteiger partial charge is 0.494 e. The van der Waals surface area contributed by atoms with Gasteiger partial charge in [0.25, 0.3) is 0 Å². The lowest BCUT2D eigenvalue weighted by Gasteiger charge is -2.46. The number of piperidine rings is 1. The van der Waals surface area contributed by atoms with Gasteiger partial charge in [0.15, 0.2) is 0 Å². The van der Waals surface area contributed by atoms with Crippen LogP contribution in [0, 0.1) is 0 Å². The normalized spacial score (nSPS) is 24.4. The highest BCUT2D eigenvalue weighted by Gasteiger charge is 2.42. The number of ether oxygens (including phenoxy) is 2. The number of rotatable bonds is 3. The predicted octanol–water partition coefficient (Wildman–Crippen LogP) is 2.59. The maximum atomic E-state index is 6.45. The standard InChI is InChI=1S/C17H26N2O2/c1-4-20-13-5-6-16-14(11-13)15(18-2)12-17(21-16)7-9-19(3)10-8-17/h5-6,11,15,18H,4,7-10,12H2,1-3H3. The summed E-state index contributed by atoms with van der Waals surface area (Å²) in [6.45, 7) is 4.94. The topological polar surface area (TPSA) is 33.7 Å². The number of nitrogens with one attached hydrogen (secondary N) is 1. The Morgan fingerprint density at radius 3 is 2.81 bits per heavy atom. The van der Waals surface area contributed by atoms with Crippen molar-refractivity contribution < 1.29 is 9.47 Å². The molecule has 0 amide bonds. The average molecular weight is 290 g/mol. The first kappa shape index (κ1) is 14.7. The summed E-state index contributed by atoms with van der Waals surface area (Å²) >= 11 is 0. The molecule has 0 bridgehead atoms. The van der Waals surface area contributed by atoms with E-state index < -0.39 is 0 Å². The molecule has 3 rings (SSSR count). The monoisotopic (exact) mass is 290 g/mol. The van der Waals surface area contributed by atoms with Gasteiger partial charge in [-0.3, -0.25) is 0 Å². The van der Waals surface area contributed by atoms with E-state index in [0.29, 0.717) is 12.6 Å². The van der Waals surface area contributed by atoms with Crippen LogP contribution in [0.3, 0.4) is 0 Å². The number of hydrogen-bond donors (Lipinski definition) is 1. The van der Waals surface area contributed by atoms with Crippen LogP contribution in [0.1, 0.15) is 37.8 Å². The van der Waals surface area contributed by atoms with Crippen LogP contribution >= 0.6 is 0 Å². The van der Waals surface area contributed by atoms with Gasteiger partial charge in [-0.1, -0.05) is 0 Å². The van der Waals surface area contributed by atoms with Gasteiger partial charge in [-0.05, 0) is 52.1 Å². The molecule has 1 aromatic carbocycles. The summed E-state index contributed by atoms with van der Waals surface area (Å²) in [5, 5.41) is 3.46. The van der Waals surface area contributed by atoms with Crippen molar-refractivity contribution in [3.63, 3.8) is 0 Å². The molecule has 4 nitrogen and oxygen atoms in total. The Morgan fingerprint density at radius 1 is 1.38 bits per heavy atom. The molecule has 2 aliphatic heterocycles. The van der Waals surface area contributed by atoms with E-state index in [1.165, 1.54) is 5.56 Å². The third-order valence-electron chi connectivity index (χ3n) is 4.82. The van der Waals surface area contributed by atoms with E-state index in [-0.39, 0.29) is 5.60 Å². The molecule has 0 radical (unpaired) electrons. The molecule has 0 aromatic heterocycles. The van der Waals surface area contributed by atoms with Crippen LogP contribution in [0.5, 0.6) is 11.5 Å². The number of fused-ring (bicyclic) bond motifs is 1. The molecule has 2 aliphatic rings. The fourth-order valence-corrected chi connectivity index (χ4v) is 3.49. The summed E-state index contributed by atoms with van der Waals surface area (Å²) in [6, 6.07) is 6.56. The second kappa shape index (κ2) is 5.85. The van der Waals surface area contributed by atoms with Crippen LogP contribution in [0.15, 0.2) is 18.2 Å². The number of hydrogen-bond acceptors (Lipinski definition) is 4. The molecule has 2 heterocycles. The first-order valence-electron chi connectivity index (χ1n) is 7.97. The second-order valence-corrected chi connectivity index (χ2v) is 6.27. The summed E-state index contributed by atoms with van der Waals surface area (Å²) in [7, 11) is 4.23. The van der Waals surface area contributed by atoms with Crippen molar-refractivity contribution in [2.75, 3.05) is 33.8 Å². The van der Waals surface area contributed by atoms with Gasteiger partial charge in [0, 0.05) is 31.1 Å². The molecule has 4 heteroatoms. The van der Waals surface area contributed by atoms with Gasteiger partial charge in [-0.25, -0.2) is 0 Å². The minimum absolute atomic E-state index is 0.000314. The minimum Gasteiger partial charge on any atom is -0.494 e. The van der Waals surface area contributed by atoms with E-state index in [0.717, 1.165) is 43.9 Å². The van der Waals surface area contributed by atoms with Gasteiger partial charge >= 0.3 is 0 Å². The maximum Gasteiger partial charge on any atom is 0.125 e. The van der Waals surface area contributed by atoms with Crippen molar-refractivity contribution in [1.82, 2.24) is 10.2 Å². The predicted molar refractivity (Wildman–Crippen MR) is 84.1 cm³/mol. The third kappa shape index (κ3) is 2.87. The SMILES string of the molecule is CCOc1ccc2c(c1)C(NC)CC1(CCN(C)CC1)O2. The van der Waals surface area contributed by atoms with Crippen LogP contribution < -0.4 is 14.8 Å². The zero-order valence-corrected chi connectivity index (χ0v) is 13.3. The summed E-state index contributed by atoms with van der Waals surface area (Å²) in [5.74, 6) is 1.95. The van der Waals surface area contributed by atoms with Crippen molar-refractivity contribution in [1.29, 1.82) is 0 Å². The maximum absolute atomic E-state index is 6.45. The number of benzene rings is 1. The van der Waals surface area contributed by atoms with Gasteiger partial charge in [-0.2, -0.15) is 0 Å². The highest BCUT2D eigenvalue weighted by Crippen LogP contribution is 2.45. The fraction of sp³-hybridized carbons (Fsp3) is 0.647. The smallest absolute Gasteiger partial charge is 0.125 e. The van der Waals surface area contributed by atoms with E-state index in [1.54, 1.807) is 0 Å². The Morgan fingerprint density at radius 2 is 2.14 bits per heavy atom. The third-order valence-corrected chi connectivity index (χ3v) is 4.82. The van der Waals surface area contributed by atoms with Crippen molar-refractivity contribution in [3.05, 3.63) is 23.8 Å². The average Bonchev–Trinajstić information content (AvgIpc) is 2.50. The molecular weight excluding hydrogens is 264 g/mol. The van der Waals surface area contributed by atoms with Crippen molar-refractivity contribution >= 4 is 0 Å². The Bertz CT molecular complexity index is 496. The molecule has 1 atom stereocenters. The van der Waals surface area contributed by atoms with E-state index in [1.807, 2.05) is 20.0 Å². The van der Waals surface area contributed by atoms with Crippen molar-refractivity contribution in [2.45, 2.75) is 37.8 Å². The van der Waals surface area contributed by atoms with Crippen LogP contribution in [0.2, 0.25) is 0 Å². The quantitative estimate of drug-likeness (QED) is 0.928. The van der Waals surface area contributed by atoms with E-state index >= 15 is 0 Å². The molecule has 1 spiro atoms. The zero-order valence-electron chi connectivity index (χ0n) is 13.3. The van der Waals surface area contributed by atoms with Gasteiger partial charge in [-0.15, -0.1) is 0 Å². The molecule has 0 saturated carbocycles. The van der Waals surface area contributed by atoms with Crippen LogP contribution in [0.4, 0.5) is 0 Å². The molecule has 1 saturated heterocycles. The lowest BCUT2D eigenvalue weighted by Crippen LogP contribution is -2.50. The summed E-state index contributed by atoms with van der Waals surface area (Å²) in [4.78, 5) is 2.39. The Balaban J connectivity index is 1.87. The summed E-state index contributed by atoms with van der Waals surface area (Å²) in [5.41, 5.74) is 1.23. The number of likely N-dealkylation sites (tertiary alicyclic amines) is 1. The zero-order chi connectivity index (χ0) is 14.9. The van der Waals surface area contributed by atoms with Gasteiger partial charge < -0.3 is 19.7 Å². The lowest BCUT2D eigenvalue weighted by atomic mass is 9.80. The molecule has 0 aliphatic carbocycles. The Kier molecular flexibility index (Phi) is 4.09. The van der Waals surface area contributed by atoms with E-state index in [9.17, 15) is 0 Å². The van der Waals surface area contributed by atoms with E-state index in [4.69, 9.17) is 9.47 Å². The molecule has 116 valence electrons.